The topological polar surface area (TPSA) is 111 Å². The van der Waals surface area contributed by atoms with Gasteiger partial charge in [-0.25, -0.2) is 9.78 Å². The van der Waals surface area contributed by atoms with Crippen molar-refractivity contribution >= 4 is 67.1 Å². The summed E-state index contributed by atoms with van der Waals surface area (Å²) in [5, 5.41) is 15.3. The molecule has 4 rings (SSSR count). The number of ether oxygens (including phenoxy) is 1. The number of halogens is 1. The monoisotopic (exact) mass is 501 g/mol. The number of thiophene rings is 1. The Morgan fingerprint density at radius 2 is 1.97 bits per heavy atom. The molecule has 8 nitrogen and oxygen atoms in total. The number of nitro benzene ring substituents is 1. The average Bonchev–Trinajstić information content (AvgIpc) is 3.34. The lowest BCUT2D eigenvalue weighted by Crippen LogP contribution is -2.13. The molecule has 2 aromatic carbocycles. The molecular weight excluding hydrogens is 486 g/mol. The molecule has 1 amide bonds. The van der Waals surface area contributed by atoms with Gasteiger partial charge in [-0.15, -0.1) is 22.7 Å². The zero-order chi connectivity index (χ0) is 23.7. The van der Waals surface area contributed by atoms with Crippen LogP contribution < -0.4 is 5.32 Å². The first-order chi connectivity index (χ1) is 15.8. The molecule has 2 heterocycles. The van der Waals surface area contributed by atoms with Crippen LogP contribution in [0.25, 0.3) is 20.8 Å². The summed E-state index contributed by atoms with van der Waals surface area (Å²) in [4.78, 5) is 41.3. The lowest BCUT2D eigenvalue weighted by Gasteiger charge is -2.07. The summed E-state index contributed by atoms with van der Waals surface area (Å²) >= 11 is 8.43. The molecule has 0 saturated carbocycles. The van der Waals surface area contributed by atoms with E-state index >= 15 is 0 Å². The number of anilines is 1. The van der Waals surface area contributed by atoms with Crippen molar-refractivity contribution in [3.63, 3.8) is 0 Å². The molecule has 0 aliphatic heterocycles. The van der Waals surface area contributed by atoms with E-state index in [1.165, 1.54) is 29.5 Å². The van der Waals surface area contributed by atoms with E-state index in [9.17, 15) is 19.7 Å². The Kier molecular flexibility index (Phi) is 6.41. The number of carbonyl (C=O) groups excluding carboxylic acids is 2. The summed E-state index contributed by atoms with van der Waals surface area (Å²) in [6, 6.07) is 11.3. The molecule has 0 atom stereocenters. The van der Waals surface area contributed by atoms with Crippen LogP contribution in [0.3, 0.4) is 0 Å². The average molecular weight is 502 g/mol. The van der Waals surface area contributed by atoms with Gasteiger partial charge in [-0.2, -0.15) is 0 Å². The molecule has 1 N–H and O–H groups in total. The lowest BCUT2D eigenvalue weighted by atomic mass is 10.1. The molecule has 0 fully saturated rings. The Bertz CT molecular complexity index is 1380. The van der Waals surface area contributed by atoms with Crippen molar-refractivity contribution in [3.8, 4) is 10.6 Å². The van der Waals surface area contributed by atoms with Gasteiger partial charge >= 0.3 is 5.97 Å². The van der Waals surface area contributed by atoms with Crippen molar-refractivity contribution in [1.82, 2.24) is 4.98 Å². The van der Waals surface area contributed by atoms with E-state index in [1.807, 2.05) is 24.3 Å². The predicted molar refractivity (Wildman–Crippen MR) is 130 cm³/mol. The zero-order valence-corrected chi connectivity index (χ0v) is 19.8. The first kappa shape index (κ1) is 22.8. The van der Waals surface area contributed by atoms with Gasteiger partial charge in [-0.1, -0.05) is 23.7 Å². The molecule has 0 radical (unpaired) electrons. The van der Waals surface area contributed by atoms with E-state index in [0.717, 1.165) is 21.6 Å². The highest BCUT2D eigenvalue weighted by molar-refractivity contribution is 7.23. The standard InChI is InChI=1S/C22H16ClN3O5S2/c1-3-31-22(28)18-11(2)17(20-24-14-6-4-5-7-16(14)32-20)21(33-18)25-19(27)13-10-12(23)8-9-15(13)26(29)30/h4-10H,3H2,1-2H3,(H,25,27). The summed E-state index contributed by atoms with van der Waals surface area (Å²) in [7, 11) is 0. The number of amides is 1. The highest BCUT2D eigenvalue weighted by atomic mass is 35.5. The largest absolute Gasteiger partial charge is 0.462 e. The van der Waals surface area contributed by atoms with E-state index in [-0.39, 0.29) is 22.9 Å². The van der Waals surface area contributed by atoms with Crippen LogP contribution in [0.5, 0.6) is 0 Å². The number of rotatable bonds is 6. The smallest absolute Gasteiger partial charge is 0.348 e. The van der Waals surface area contributed by atoms with E-state index in [1.54, 1.807) is 13.8 Å². The number of benzene rings is 2. The quantitative estimate of drug-likeness (QED) is 0.188. The van der Waals surface area contributed by atoms with Gasteiger partial charge in [-0.3, -0.25) is 14.9 Å². The van der Waals surface area contributed by atoms with Gasteiger partial charge in [-0.05, 0) is 43.7 Å². The van der Waals surface area contributed by atoms with Crippen LogP contribution in [0.2, 0.25) is 5.02 Å². The second kappa shape index (κ2) is 9.26. The molecule has 168 valence electrons. The number of aromatic nitrogens is 1. The molecule has 0 unspecified atom stereocenters. The molecule has 0 saturated heterocycles. The van der Waals surface area contributed by atoms with Crippen molar-refractivity contribution in [2.75, 3.05) is 11.9 Å². The Labute approximate surface area is 200 Å². The molecule has 11 heteroatoms. The summed E-state index contributed by atoms with van der Waals surface area (Å²) in [6.45, 7) is 3.65. The number of nitrogens with zero attached hydrogens (tertiary/aromatic N) is 2. The van der Waals surface area contributed by atoms with Crippen LogP contribution in [-0.4, -0.2) is 28.4 Å². The Morgan fingerprint density at radius 1 is 1.21 bits per heavy atom. The van der Waals surface area contributed by atoms with Gasteiger partial charge in [0.2, 0.25) is 0 Å². The van der Waals surface area contributed by atoms with Gasteiger partial charge in [0.25, 0.3) is 11.6 Å². The number of carbonyl (C=O) groups is 2. The van der Waals surface area contributed by atoms with Crippen LogP contribution in [0.4, 0.5) is 10.7 Å². The van der Waals surface area contributed by atoms with Gasteiger partial charge in [0.1, 0.15) is 20.4 Å². The SMILES string of the molecule is CCOC(=O)c1sc(NC(=O)c2cc(Cl)ccc2[N+](=O)[O-])c(-c2nc3ccccc3s2)c1C. The first-order valence-electron chi connectivity index (χ1n) is 9.71. The third-order valence-corrected chi connectivity index (χ3v) is 7.22. The van der Waals surface area contributed by atoms with E-state index in [4.69, 9.17) is 16.3 Å². The van der Waals surface area contributed by atoms with Crippen molar-refractivity contribution in [2.24, 2.45) is 0 Å². The van der Waals surface area contributed by atoms with E-state index in [0.29, 0.717) is 26.0 Å². The van der Waals surface area contributed by atoms with Gasteiger partial charge < -0.3 is 10.1 Å². The fraction of sp³-hybridized carbons (Fsp3) is 0.136. The van der Waals surface area contributed by atoms with Crippen LogP contribution in [0, 0.1) is 17.0 Å². The molecule has 4 aromatic rings. The summed E-state index contributed by atoms with van der Waals surface area (Å²) < 4.78 is 6.11. The van der Waals surface area contributed by atoms with Crippen molar-refractivity contribution in [1.29, 1.82) is 0 Å². The van der Waals surface area contributed by atoms with Crippen LogP contribution in [0.1, 0.15) is 32.5 Å². The van der Waals surface area contributed by atoms with E-state index < -0.39 is 16.8 Å². The Hall–Kier alpha value is -3.34. The van der Waals surface area contributed by atoms with Gasteiger partial charge in [0, 0.05) is 16.7 Å². The van der Waals surface area contributed by atoms with Crippen LogP contribution in [-0.2, 0) is 4.74 Å². The molecule has 33 heavy (non-hydrogen) atoms. The Balaban J connectivity index is 1.83. The third kappa shape index (κ3) is 4.45. The number of thiazole rings is 1. The maximum absolute atomic E-state index is 13.1. The summed E-state index contributed by atoms with van der Waals surface area (Å²) in [5.41, 5.74) is 1.39. The highest BCUT2D eigenvalue weighted by Gasteiger charge is 2.27. The van der Waals surface area contributed by atoms with Crippen LogP contribution in [0.15, 0.2) is 42.5 Å². The number of nitro groups is 1. The highest BCUT2D eigenvalue weighted by Crippen LogP contribution is 2.44. The second-order valence-corrected chi connectivity index (χ2v) is 9.33. The van der Waals surface area contributed by atoms with Gasteiger partial charge in [0.15, 0.2) is 0 Å². The fourth-order valence-corrected chi connectivity index (χ4v) is 5.66. The molecular formula is C22H16ClN3O5S2. The maximum Gasteiger partial charge on any atom is 0.348 e. The number of esters is 1. The molecule has 0 bridgehead atoms. The van der Waals surface area contributed by atoms with Crippen molar-refractivity contribution in [3.05, 3.63) is 73.6 Å². The number of para-hydroxylation sites is 1. The molecule has 2 aromatic heterocycles. The van der Waals surface area contributed by atoms with Crippen LogP contribution >= 0.6 is 34.3 Å². The molecule has 0 spiro atoms. The minimum Gasteiger partial charge on any atom is -0.462 e. The zero-order valence-electron chi connectivity index (χ0n) is 17.4. The first-order valence-corrected chi connectivity index (χ1v) is 11.7. The minimum atomic E-state index is -0.719. The van der Waals surface area contributed by atoms with Crippen molar-refractivity contribution < 1.29 is 19.2 Å². The summed E-state index contributed by atoms with van der Waals surface area (Å²) in [5.74, 6) is -1.24. The van der Waals surface area contributed by atoms with Gasteiger partial charge in [0.05, 0.1) is 21.7 Å². The fourth-order valence-electron chi connectivity index (χ4n) is 3.25. The number of hydrogen-bond donors (Lipinski definition) is 1. The minimum absolute atomic E-state index is 0.187. The number of fused-ring (bicyclic) bond motifs is 1. The lowest BCUT2D eigenvalue weighted by molar-refractivity contribution is -0.385. The van der Waals surface area contributed by atoms with Crippen molar-refractivity contribution in [2.45, 2.75) is 13.8 Å². The number of hydrogen-bond acceptors (Lipinski definition) is 8. The Morgan fingerprint density at radius 3 is 2.67 bits per heavy atom. The third-order valence-electron chi connectivity index (χ3n) is 4.74. The second-order valence-electron chi connectivity index (χ2n) is 6.84. The molecule has 0 aliphatic rings. The predicted octanol–water partition coefficient (Wildman–Crippen LogP) is 6.32. The van der Waals surface area contributed by atoms with E-state index in [2.05, 4.69) is 10.3 Å². The summed E-state index contributed by atoms with van der Waals surface area (Å²) in [6.07, 6.45) is 0. The normalized spacial score (nSPS) is 10.9. The maximum atomic E-state index is 13.1. The number of nitrogens with one attached hydrogen (secondary N) is 1. The molecule has 0 aliphatic carbocycles.